The molecule has 0 radical (unpaired) electrons. The number of hydrogen-bond donors (Lipinski definition) is 1. The highest BCUT2D eigenvalue weighted by Crippen LogP contribution is 2.22. The first-order valence-electron chi connectivity index (χ1n) is 6.49. The zero-order chi connectivity index (χ0) is 15.0. The number of nitrogens with one attached hydrogen (secondary N) is 1. The minimum atomic E-state index is -0.538. The van der Waals surface area contributed by atoms with Crippen LogP contribution in [0, 0.1) is 27.7 Å². The van der Waals surface area contributed by atoms with Crippen molar-refractivity contribution < 1.29 is 9.59 Å². The summed E-state index contributed by atoms with van der Waals surface area (Å²) in [6, 6.07) is 2.04. The lowest BCUT2D eigenvalue weighted by atomic mass is 9.91. The number of Topliss-reactive ketones (excluding diaryl/α,β-unsaturated/α-hetero) is 1. The summed E-state index contributed by atoms with van der Waals surface area (Å²) in [6.07, 6.45) is 0. The van der Waals surface area contributed by atoms with Crippen LogP contribution < -0.4 is 5.32 Å². The van der Waals surface area contributed by atoms with Crippen LogP contribution in [0.3, 0.4) is 0 Å². The van der Waals surface area contributed by atoms with Crippen LogP contribution in [0.5, 0.6) is 0 Å². The second-order valence-electron chi connectivity index (χ2n) is 6.17. The summed E-state index contributed by atoms with van der Waals surface area (Å²) >= 11 is 0. The summed E-state index contributed by atoms with van der Waals surface area (Å²) in [5, 5.41) is 2.72. The van der Waals surface area contributed by atoms with Crippen LogP contribution in [-0.4, -0.2) is 17.2 Å². The van der Waals surface area contributed by atoms with Crippen LogP contribution in [0.2, 0.25) is 0 Å². The number of carbonyl (C=O) groups is 2. The van der Waals surface area contributed by atoms with Gasteiger partial charge in [0.2, 0.25) is 0 Å². The van der Waals surface area contributed by atoms with Crippen molar-refractivity contribution in [2.45, 2.75) is 54.0 Å². The molecule has 0 spiro atoms. The molecule has 0 atom stereocenters. The Morgan fingerprint density at radius 2 is 1.37 bits per heavy atom. The van der Waals surface area contributed by atoms with E-state index < -0.39 is 17.2 Å². The molecule has 1 amide bonds. The summed E-state index contributed by atoms with van der Waals surface area (Å²) in [4.78, 5) is 24.4. The standard InChI is InChI=1S/C16H23NO2/c1-9-8-10(2)12(4)13(11(9)3)14(18)15(19)17-16(5,6)7/h8H,1-7H3,(H,17,19). The second-order valence-corrected chi connectivity index (χ2v) is 6.17. The fraction of sp³-hybridized carbons (Fsp3) is 0.500. The van der Waals surface area contributed by atoms with Crippen LogP contribution in [0.15, 0.2) is 6.07 Å². The minimum absolute atomic E-state index is 0.409. The molecule has 0 fully saturated rings. The van der Waals surface area contributed by atoms with Crippen LogP contribution in [-0.2, 0) is 4.79 Å². The Morgan fingerprint density at radius 1 is 0.947 bits per heavy atom. The molecule has 1 N–H and O–H groups in total. The van der Waals surface area contributed by atoms with Crippen molar-refractivity contribution in [1.29, 1.82) is 0 Å². The number of ketones is 1. The number of hydrogen-bond acceptors (Lipinski definition) is 2. The number of rotatable bonds is 2. The Kier molecular flexibility index (Phi) is 4.18. The molecule has 0 bridgehead atoms. The molecule has 0 aliphatic heterocycles. The first-order valence-corrected chi connectivity index (χ1v) is 6.49. The van der Waals surface area contributed by atoms with Gasteiger partial charge in [0, 0.05) is 11.1 Å². The van der Waals surface area contributed by atoms with Gasteiger partial charge < -0.3 is 5.32 Å². The highest BCUT2D eigenvalue weighted by molar-refractivity contribution is 6.43. The van der Waals surface area contributed by atoms with Gasteiger partial charge in [-0.2, -0.15) is 0 Å². The summed E-state index contributed by atoms with van der Waals surface area (Å²) in [5.74, 6) is -0.986. The molecule has 0 saturated carbocycles. The van der Waals surface area contributed by atoms with Gasteiger partial charge in [-0.05, 0) is 70.7 Å². The summed E-state index contributed by atoms with van der Waals surface area (Å²) < 4.78 is 0. The average Bonchev–Trinajstić information content (AvgIpc) is 2.24. The van der Waals surface area contributed by atoms with Crippen LogP contribution in [0.4, 0.5) is 0 Å². The van der Waals surface area contributed by atoms with E-state index in [4.69, 9.17) is 0 Å². The third-order valence-electron chi connectivity index (χ3n) is 3.29. The molecule has 0 aromatic heterocycles. The van der Waals surface area contributed by atoms with E-state index in [0.29, 0.717) is 5.56 Å². The fourth-order valence-electron chi connectivity index (χ4n) is 2.07. The van der Waals surface area contributed by atoms with Crippen molar-refractivity contribution in [3.63, 3.8) is 0 Å². The van der Waals surface area contributed by atoms with Crippen LogP contribution in [0.25, 0.3) is 0 Å². The molecule has 104 valence electrons. The molecule has 1 rings (SSSR count). The van der Waals surface area contributed by atoms with Crippen molar-refractivity contribution in [2.24, 2.45) is 0 Å². The molecule has 0 aliphatic carbocycles. The highest BCUT2D eigenvalue weighted by atomic mass is 16.2. The maximum Gasteiger partial charge on any atom is 0.292 e. The lowest BCUT2D eigenvalue weighted by Crippen LogP contribution is -2.44. The van der Waals surface area contributed by atoms with Gasteiger partial charge in [0.25, 0.3) is 11.7 Å². The molecular formula is C16H23NO2. The Hall–Kier alpha value is -1.64. The third kappa shape index (κ3) is 3.43. The third-order valence-corrected chi connectivity index (χ3v) is 3.29. The predicted molar refractivity (Wildman–Crippen MR) is 77.6 cm³/mol. The van der Waals surface area contributed by atoms with Crippen molar-refractivity contribution in [2.75, 3.05) is 0 Å². The monoisotopic (exact) mass is 261 g/mol. The van der Waals surface area contributed by atoms with Gasteiger partial charge in [0.1, 0.15) is 0 Å². The van der Waals surface area contributed by atoms with Crippen molar-refractivity contribution >= 4 is 11.7 Å². The number of amides is 1. The average molecular weight is 261 g/mol. The number of carbonyl (C=O) groups excluding carboxylic acids is 2. The largest absolute Gasteiger partial charge is 0.345 e. The Bertz CT molecular complexity index is 510. The molecule has 3 heteroatoms. The second kappa shape index (κ2) is 5.16. The topological polar surface area (TPSA) is 46.2 Å². The van der Waals surface area contributed by atoms with E-state index in [1.165, 1.54) is 0 Å². The normalized spacial score (nSPS) is 11.3. The van der Waals surface area contributed by atoms with Crippen molar-refractivity contribution in [3.8, 4) is 0 Å². The smallest absolute Gasteiger partial charge is 0.292 e. The molecular weight excluding hydrogens is 238 g/mol. The zero-order valence-electron chi connectivity index (χ0n) is 12.9. The Balaban J connectivity index is 3.24. The summed E-state index contributed by atoms with van der Waals surface area (Å²) in [6.45, 7) is 13.3. The summed E-state index contributed by atoms with van der Waals surface area (Å²) in [7, 11) is 0. The lowest BCUT2D eigenvalue weighted by molar-refractivity contribution is -0.118. The molecule has 0 heterocycles. The first-order chi connectivity index (χ1) is 8.54. The number of benzene rings is 1. The van der Waals surface area contributed by atoms with E-state index in [1.54, 1.807) is 0 Å². The fourth-order valence-corrected chi connectivity index (χ4v) is 2.07. The lowest BCUT2D eigenvalue weighted by Gasteiger charge is -2.21. The van der Waals surface area contributed by atoms with Gasteiger partial charge in [0.15, 0.2) is 0 Å². The Labute approximate surface area is 115 Å². The summed E-state index contributed by atoms with van der Waals surface area (Å²) in [5.41, 5.74) is 3.98. The number of aryl methyl sites for hydroxylation is 2. The van der Waals surface area contributed by atoms with Gasteiger partial charge in [-0.15, -0.1) is 0 Å². The first kappa shape index (κ1) is 15.4. The zero-order valence-corrected chi connectivity index (χ0v) is 12.9. The van der Waals surface area contributed by atoms with E-state index in [2.05, 4.69) is 5.32 Å². The minimum Gasteiger partial charge on any atom is -0.345 e. The van der Waals surface area contributed by atoms with Crippen molar-refractivity contribution in [3.05, 3.63) is 33.9 Å². The van der Waals surface area contributed by atoms with Gasteiger partial charge in [0.05, 0.1) is 0 Å². The maximum absolute atomic E-state index is 12.4. The quantitative estimate of drug-likeness (QED) is 0.657. The highest BCUT2D eigenvalue weighted by Gasteiger charge is 2.25. The molecule has 3 nitrogen and oxygen atoms in total. The molecule has 0 saturated heterocycles. The predicted octanol–water partition coefficient (Wildman–Crippen LogP) is 3.02. The van der Waals surface area contributed by atoms with E-state index in [-0.39, 0.29) is 0 Å². The van der Waals surface area contributed by atoms with Gasteiger partial charge >= 0.3 is 0 Å². The van der Waals surface area contributed by atoms with Gasteiger partial charge in [-0.25, -0.2) is 0 Å². The molecule has 1 aromatic carbocycles. The van der Waals surface area contributed by atoms with E-state index in [1.807, 2.05) is 54.5 Å². The van der Waals surface area contributed by atoms with Crippen LogP contribution in [0.1, 0.15) is 53.4 Å². The molecule has 0 unspecified atom stereocenters. The molecule has 19 heavy (non-hydrogen) atoms. The van der Waals surface area contributed by atoms with Crippen molar-refractivity contribution in [1.82, 2.24) is 5.32 Å². The SMILES string of the molecule is Cc1cc(C)c(C)c(C(=O)C(=O)NC(C)(C)C)c1C. The van der Waals surface area contributed by atoms with Gasteiger partial charge in [-0.1, -0.05) is 6.07 Å². The van der Waals surface area contributed by atoms with Crippen LogP contribution >= 0.6 is 0 Å². The molecule has 1 aromatic rings. The van der Waals surface area contributed by atoms with E-state index in [9.17, 15) is 9.59 Å². The van der Waals surface area contributed by atoms with E-state index in [0.717, 1.165) is 22.3 Å². The van der Waals surface area contributed by atoms with Gasteiger partial charge in [-0.3, -0.25) is 9.59 Å². The van der Waals surface area contributed by atoms with E-state index >= 15 is 0 Å². The molecule has 0 aliphatic rings. The maximum atomic E-state index is 12.4. The Morgan fingerprint density at radius 3 is 1.74 bits per heavy atom.